The quantitative estimate of drug-likeness (QED) is 0.167. The highest BCUT2D eigenvalue weighted by atomic mass is 32.1. The van der Waals surface area contributed by atoms with Gasteiger partial charge >= 0.3 is 0 Å². The van der Waals surface area contributed by atoms with Crippen molar-refractivity contribution in [1.82, 2.24) is 34.1 Å². The van der Waals surface area contributed by atoms with E-state index in [0.29, 0.717) is 23.4 Å². The fourth-order valence-electron chi connectivity index (χ4n) is 9.16. The Morgan fingerprint density at radius 1 is 0.365 bits per heavy atom. The maximum Gasteiger partial charge on any atom is 0.238 e. The van der Waals surface area contributed by atoms with E-state index in [1.54, 1.807) is 0 Å². The smallest absolute Gasteiger partial charge is 0.238 e. The molecule has 0 amide bonds. The molecule has 7 nitrogen and oxygen atoms in total. The number of rotatable bonds is 6. The number of aromatic nitrogens is 7. The van der Waals surface area contributed by atoms with Crippen LogP contribution in [0.25, 0.3) is 121 Å². The van der Waals surface area contributed by atoms with Crippen LogP contribution in [0.15, 0.2) is 200 Å². The van der Waals surface area contributed by atoms with E-state index < -0.39 is 0 Å². The molecule has 0 atom stereocenters. The minimum Gasteiger partial charge on any atom is -0.306 e. The topological polar surface area (TPSA) is 74.3 Å². The number of nitrogens with zero attached hydrogens (tertiary/aromatic N) is 7. The molecule has 294 valence electrons. The van der Waals surface area contributed by atoms with Gasteiger partial charge in [0, 0.05) is 64.3 Å². The third-order valence-electron chi connectivity index (χ3n) is 12.0. The van der Waals surface area contributed by atoms with Crippen molar-refractivity contribution in [3.8, 4) is 57.1 Å². The van der Waals surface area contributed by atoms with Crippen LogP contribution in [0.4, 0.5) is 0 Å². The number of fused-ring (bicyclic) bond motifs is 9. The van der Waals surface area contributed by atoms with E-state index in [1.165, 1.54) is 20.2 Å². The second-order valence-corrected chi connectivity index (χ2v) is 16.7. The molecule has 0 aliphatic carbocycles. The van der Waals surface area contributed by atoms with Gasteiger partial charge in [-0.25, -0.2) is 15.0 Å². The van der Waals surface area contributed by atoms with Crippen molar-refractivity contribution in [3.63, 3.8) is 0 Å². The fraction of sp³-hybridized carbons (Fsp3) is 0. The molecule has 0 fully saturated rings. The van der Waals surface area contributed by atoms with Crippen molar-refractivity contribution in [1.29, 1.82) is 0 Å². The van der Waals surface area contributed by atoms with Gasteiger partial charge in [0.2, 0.25) is 5.95 Å². The zero-order valence-corrected chi connectivity index (χ0v) is 34.4. The second kappa shape index (κ2) is 14.1. The molecule has 13 rings (SSSR count). The molecule has 0 radical (unpaired) electrons. The molecule has 0 aliphatic rings. The summed E-state index contributed by atoms with van der Waals surface area (Å²) < 4.78 is 6.94. The SMILES string of the molecule is c1ccc(-c2nc(-c3ccccc3)nc(-n3c4ccccc4c4cc(-c5nc(-c6cccc7c6sc6ccccc67)c6c(n5)c5ccccc5n6-c5ccccc5)ccc43)n2)cc1. The van der Waals surface area contributed by atoms with Gasteiger partial charge < -0.3 is 4.57 Å². The van der Waals surface area contributed by atoms with Gasteiger partial charge in [-0.15, -0.1) is 11.3 Å². The molecule has 0 saturated heterocycles. The summed E-state index contributed by atoms with van der Waals surface area (Å²) in [5.41, 5.74) is 10.7. The summed E-state index contributed by atoms with van der Waals surface area (Å²) in [7, 11) is 0. The van der Waals surface area contributed by atoms with Gasteiger partial charge in [0.1, 0.15) is 11.2 Å². The first-order chi connectivity index (χ1) is 31.2. The maximum atomic E-state index is 5.62. The van der Waals surface area contributed by atoms with Gasteiger partial charge in [-0.1, -0.05) is 152 Å². The van der Waals surface area contributed by atoms with Crippen molar-refractivity contribution in [2.45, 2.75) is 0 Å². The molecular formula is C55H33N7S. The molecule has 8 heteroatoms. The Hall–Kier alpha value is -8.33. The predicted molar refractivity (Wildman–Crippen MR) is 259 cm³/mol. The second-order valence-electron chi connectivity index (χ2n) is 15.7. The van der Waals surface area contributed by atoms with E-state index in [1.807, 2.05) is 72.0 Å². The lowest BCUT2D eigenvalue weighted by Gasteiger charge is -2.13. The van der Waals surface area contributed by atoms with Crippen molar-refractivity contribution < 1.29 is 0 Å². The first kappa shape index (κ1) is 35.4. The summed E-state index contributed by atoms with van der Waals surface area (Å²) in [4.78, 5) is 26.4. The maximum absolute atomic E-state index is 5.62. The van der Waals surface area contributed by atoms with Crippen molar-refractivity contribution in [2.24, 2.45) is 0 Å². The molecule has 63 heavy (non-hydrogen) atoms. The fourth-order valence-corrected chi connectivity index (χ4v) is 10.4. The van der Waals surface area contributed by atoms with Crippen LogP contribution >= 0.6 is 11.3 Å². The molecule has 8 aromatic carbocycles. The standard InChI is InChI=1S/C55H33N7S/c1-4-17-34(18-5-1)52-58-53(35-19-6-2-7-20-35)60-55(59-52)62-44-28-13-10-23-38(44)43-33-36(31-32-46(43)62)54-56-48-41-25-11-14-29-45(41)61(37-21-8-3-9-22-37)50(48)49(57-54)42-27-16-26-40-39-24-12-15-30-47(39)63-51(40)42/h1-33H. The first-order valence-electron chi connectivity index (χ1n) is 20.9. The average molecular weight is 824 g/mol. The van der Waals surface area contributed by atoms with Crippen LogP contribution in [0.3, 0.4) is 0 Å². The van der Waals surface area contributed by atoms with Crippen LogP contribution in [0, 0.1) is 0 Å². The van der Waals surface area contributed by atoms with Gasteiger partial charge in [0.15, 0.2) is 17.5 Å². The summed E-state index contributed by atoms with van der Waals surface area (Å²) >= 11 is 1.82. The van der Waals surface area contributed by atoms with E-state index in [9.17, 15) is 0 Å². The summed E-state index contributed by atoms with van der Waals surface area (Å²) in [5.74, 6) is 2.43. The number of benzene rings is 8. The van der Waals surface area contributed by atoms with E-state index in [0.717, 1.165) is 77.4 Å². The van der Waals surface area contributed by atoms with Gasteiger partial charge in [-0.05, 0) is 48.5 Å². The van der Waals surface area contributed by atoms with Gasteiger partial charge in [-0.3, -0.25) is 4.57 Å². The monoisotopic (exact) mass is 823 g/mol. The van der Waals surface area contributed by atoms with Crippen LogP contribution in [-0.2, 0) is 0 Å². The summed E-state index contributed by atoms with van der Waals surface area (Å²) in [5, 5.41) is 5.67. The minimum atomic E-state index is 0.548. The summed E-state index contributed by atoms with van der Waals surface area (Å²) in [6, 6.07) is 69.5. The number of hydrogen-bond acceptors (Lipinski definition) is 6. The van der Waals surface area contributed by atoms with Crippen LogP contribution < -0.4 is 0 Å². The normalized spacial score (nSPS) is 11.8. The van der Waals surface area contributed by atoms with Crippen molar-refractivity contribution >= 4 is 75.3 Å². The van der Waals surface area contributed by atoms with E-state index >= 15 is 0 Å². The summed E-state index contributed by atoms with van der Waals surface area (Å²) in [6.45, 7) is 0. The largest absolute Gasteiger partial charge is 0.306 e. The lowest BCUT2D eigenvalue weighted by Crippen LogP contribution is -2.06. The number of hydrogen-bond donors (Lipinski definition) is 0. The van der Waals surface area contributed by atoms with Crippen molar-refractivity contribution in [3.05, 3.63) is 200 Å². The predicted octanol–water partition coefficient (Wildman–Crippen LogP) is 13.9. The number of para-hydroxylation sites is 3. The van der Waals surface area contributed by atoms with Crippen molar-refractivity contribution in [2.75, 3.05) is 0 Å². The third-order valence-corrected chi connectivity index (χ3v) is 13.2. The summed E-state index contributed by atoms with van der Waals surface area (Å²) in [6.07, 6.45) is 0. The van der Waals surface area contributed by atoms with Gasteiger partial charge in [0.05, 0.1) is 22.1 Å². The Balaban J connectivity index is 1.08. The average Bonchev–Trinajstić information content (AvgIpc) is 4.02. The Labute approximate surface area is 364 Å². The molecule has 0 bridgehead atoms. The van der Waals surface area contributed by atoms with E-state index in [2.05, 4.69) is 149 Å². The molecule has 5 heterocycles. The highest BCUT2D eigenvalue weighted by molar-refractivity contribution is 7.26. The molecule has 0 N–H and O–H groups in total. The highest BCUT2D eigenvalue weighted by Crippen LogP contribution is 2.44. The molecule has 13 aromatic rings. The molecule has 0 unspecified atom stereocenters. The molecule has 0 saturated carbocycles. The Morgan fingerprint density at radius 3 is 1.67 bits per heavy atom. The Kier molecular flexibility index (Phi) is 7.94. The highest BCUT2D eigenvalue weighted by Gasteiger charge is 2.24. The van der Waals surface area contributed by atoms with Crippen LogP contribution in [-0.4, -0.2) is 34.1 Å². The lowest BCUT2D eigenvalue weighted by atomic mass is 10.0. The zero-order chi connectivity index (χ0) is 41.4. The Morgan fingerprint density at radius 2 is 0.937 bits per heavy atom. The molecule has 0 spiro atoms. The van der Waals surface area contributed by atoms with Crippen LogP contribution in [0.1, 0.15) is 0 Å². The van der Waals surface area contributed by atoms with E-state index in [-0.39, 0.29) is 0 Å². The number of thiophene rings is 1. The minimum absolute atomic E-state index is 0.548. The third kappa shape index (κ3) is 5.62. The molecule has 5 aromatic heterocycles. The molecule has 0 aliphatic heterocycles. The van der Waals surface area contributed by atoms with Gasteiger partial charge in [-0.2, -0.15) is 9.97 Å². The zero-order valence-electron chi connectivity index (χ0n) is 33.6. The van der Waals surface area contributed by atoms with Gasteiger partial charge in [0.25, 0.3) is 0 Å². The first-order valence-corrected chi connectivity index (χ1v) is 21.7. The van der Waals surface area contributed by atoms with Crippen LogP contribution in [0.2, 0.25) is 0 Å². The van der Waals surface area contributed by atoms with Crippen LogP contribution in [0.5, 0.6) is 0 Å². The molecular weight excluding hydrogens is 791 g/mol. The lowest BCUT2D eigenvalue weighted by molar-refractivity contribution is 0.953. The van der Waals surface area contributed by atoms with E-state index in [4.69, 9.17) is 24.9 Å². The Bertz CT molecular complexity index is 3850.